The molecule has 2 heterocycles. The third kappa shape index (κ3) is 2.20. The van der Waals surface area contributed by atoms with Crippen molar-refractivity contribution < 1.29 is 14.4 Å². The molecule has 5 heteroatoms. The number of benzene rings is 1. The van der Waals surface area contributed by atoms with Crippen LogP contribution in [-0.2, 0) is 13.1 Å². The third-order valence-electron chi connectivity index (χ3n) is 3.70. The van der Waals surface area contributed by atoms with Crippen molar-refractivity contribution in [3.8, 4) is 11.3 Å². The fourth-order valence-electron chi connectivity index (χ4n) is 2.45. The van der Waals surface area contributed by atoms with Crippen LogP contribution in [0.3, 0.4) is 0 Å². The Kier molecular flexibility index (Phi) is 3.06. The lowest BCUT2D eigenvalue weighted by molar-refractivity contribution is 0.0686. The molecule has 0 amide bonds. The lowest BCUT2D eigenvalue weighted by Gasteiger charge is -2.18. The molecule has 0 spiro atoms. The number of carboxylic acids is 1. The van der Waals surface area contributed by atoms with E-state index in [1.807, 2.05) is 6.07 Å². The first-order chi connectivity index (χ1) is 9.54. The van der Waals surface area contributed by atoms with Gasteiger partial charge in [-0.25, -0.2) is 4.79 Å². The largest absolute Gasteiger partial charge is 0.476 e. The standard InChI is InChI=1S/C15H16N2O3/c1-9(2)17-7-11-4-3-10(5-12(11)8-17)14-6-13(15(18)19)16-20-14/h3-6,9H,7-8H2,1-2H3,(H,18,19). The summed E-state index contributed by atoms with van der Waals surface area (Å²) in [5, 5.41) is 12.4. The van der Waals surface area contributed by atoms with E-state index in [4.69, 9.17) is 9.63 Å². The molecule has 1 aliphatic rings. The molecule has 104 valence electrons. The summed E-state index contributed by atoms with van der Waals surface area (Å²) in [6.45, 7) is 6.25. The summed E-state index contributed by atoms with van der Waals surface area (Å²) in [5.74, 6) is -0.583. The molecule has 1 aromatic heterocycles. The Morgan fingerprint density at radius 2 is 2.05 bits per heavy atom. The summed E-state index contributed by atoms with van der Waals surface area (Å²) >= 11 is 0. The molecule has 3 rings (SSSR count). The molecule has 0 saturated heterocycles. The number of hydrogen-bond acceptors (Lipinski definition) is 4. The Bertz CT molecular complexity index is 661. The second-order valence-corrected chi connectivity index (χ2v) is 5.36. The summed E-state index contributed by atoms with van der Waals surface area (Å²) in [5.41, 5.74) is 3.39. The maximum atomic E-state index is 10.8. The van der Waals surface area contributed by atoms with Crippen molar-refractivity contribution in [1.29, 1.82) is 0 Å². The van der Waals surface area contributed by atoms with Gasteiger partial charge in [-0.2, -0.15) is 0 Å². The minimum absolute atomic E-state index is 0.0655. The maximum absolute atomic E-state index is 10.8. The van der Waals surface area contributed by atoms with Crippen molar-refractivity contribution >= 4 is 5.97 Å². The van der Waals surface area contributed by atoms with E-state index in [0.717, 1.165) is 18.7 Å². The SMILES string of the molecule is CC(C)N1Cc2ccc(-c3cc(C(=O)O)no3)cc2C1. The van der Waals surface area contributed by atoms with Crippen molar-refractivity contribution in [2.45, 2.75) is 33.0 Å². The molecule has 0 radical (unpaired) electrons. The molecule has 0 saturated carbocycles. The van der Waals surface area contributed by atoms with Gasteiger partial charge in [0.1, 0.15) is 0 Å². The van der Waals surface area contributed by atoms with Crippen LogP contribution in [0.25, 0.3) is 11.3 Å². The highest BCUT2D eigenvalue weighted by Crippen LogP contribution is 2.29. The summed E-state index contributed by atoms with van der Waals surface area (Å²) < 4.78 is 5.10. The van der Waals surface area contributed by atoms with Crippen LogP contribution < -0.4 is 0 Å². The first-order valence-corrected chi connectivity index (χ1v) is 6.61. The number of hydrogen-bond donors (Lipinski definition) is 1. The lowest BCUT2D eigenvalue weighted by Crippen LogP contribution is -2.24. The summed E-state index contributed by atoms with van der Waals surface area (Å²) in [4.78, 5) is 13.2. The molecule has 0 aliphatic carbocycles. The van der Waals surface area contributed by atoms with E-state index in [-0.39, 0.29) is 5.69 Å². The molecule has 5 nitrogen and oxygen atoms in total. The van der Waals surface area contributed by atoms with Crippen LogP contribution in [0, 0.1) is 0 Å². The van der Waals surface area contributed by atoms with Gasteiger partial charge in [-0.15, -0.1) is 0 Å². The van der Waals surface area contributed by atoms with Gasteiger partial charge >= 0.3 is 5.97 Å². The Hall–Kier alpha value is -2.14. The molecular weight excluding hydrogens is 256 g/mol. The zero-order valence-electron chi connectivity index (χ0n) is 11.5. The Balaban J connectivity index is 1.90. The van der Waals surface area contributed by atoms with Crippen molar-refractivity contribution in [3.63, 3.8) is 0 Å². The first kappa shape index (κ1) is 12.9. The number of rotatable bonds is 3. The molecule has 0 atom stereocenters. The van der Waals surface area contributed by atoms with Gasteiger partial charge in [-0.05, 0) is 31.0 Å². The number of nitrogens with zero attached hydrogens (tertiary/aromatic N) is 2. The zero-order chi connectivity index (χ0) is 14.3. The Morgan fingerprint density at radius 1 is 1.30 bits per heavy atom. The van der Waals surface area contributed by atoms with Crippen molar-refractivity contribution in [2.24, 2.45) is 0 Å². The quantitative estimate of drug-likeness (QED) is 0.930. The number of aromatic nitrogens is 1. The Labute approximate surface area is 116 Å². The van der Waals surface area contributed by atoms with Crippen LogP contribution in [0.1, 0.15) is 35.5 Å². The molecule has 1 N–H and O–H groups in total. The molecule has 0 fully saturated rings. The monoisotopic (exact) mass is 272 g/mol. The van der Waals surface area contributed by atoms with Crippen molar-refractivity contribution in [2.75, 3.05) is 0 Å². The van der Waals surface area contributed by atoms with Crippen molar-refractivity contribution in [3.05, 3.63) is 41.1 Å². The second-order valence-electron chi connectivity index (χ2n) is 5.36. The van der Waals surface area contributed by atoms with Gasteiger partial charge in [0.15, 0.2) is 11.5 Å². The molecular formula is C15H16N2O3. The van der Waals surface area contributed by atoms with Gasteiger partial charge in [-0.1, -0.05) is 17.3 Å². The highest BCUT2D eigenvalue weighted by atomic mass is 16.5. The summed E-state index contributed by atoms with van der Waals surface area (Å²) in [6.07, 6.45) is 0. The van der Waals surface area contributed by atoms with Crippen LogP contribution in [-0.4, -0.2) is 27.2 Å². The van der Waals surface area contributed by atoms with E-state index in [1.165, 1.54) is 17.2 Å². The van der Waals surface area contributed by atoms with Gasteiger partial charge in [0.05, 0.1) is 0 Å². The van der Waals surface area contributed by atoms with Crippen LogP contribution in [0.5, 0.6) is 0 Å². The number of carbonyl (C=O) groups is 1. The van der Waals surface area contributed by atoms with Gasteiger partial charge < -0.3 is 9.63 Å². The highest BCUT2D eigenvalue weighted by Gasteiger charge is 2.22. The first-order valence-electron chi connectivity index (χ1n) is 6.61. The minimum Gasteiger partial charge on any atom is -0.476 e. The van der Waals surface area contributed by atoms with E-state index >= 15 is 0 Å². The van der Waals surface area contributed by atoms with Crippen LogP contribution >= 0.6 is 0 Å². The fraction of sp³-hybridized carbons (Fsp3) is 0.333. The predicted octanol–water partition coefficient (Wildman–Crippen LogP) is 2.76. The number of carboxylic acid groups (broad SMARTS) is 1. The van der Waals surface area contributed by atoms with E-state index in [9.17, 15) is 4.79 Å². The van der Waals surface area contributed by atoms with Crippen molar-refractivity contribution in [1.82, 2.24) is 10.1 Å². The molecule has 0 unspecified atom stereocenters. The molecule has 0 bridgehead atoms. The average Bonchev–Trinajstić information content (AvgIpc) is 3.04. The Morgan fingerprint density at radius 3 is 2.70 bits per heavy atom. The maximum Gasteiger partial charge on any atom is 0.358 e. The number of aromatic carboxylic acids is 1. The van der Waals surface area contributed by atoms with E-state index < -0.39 is 5.97 Å². The molecule has 1 aromatic carbocycles. The average molecular weight is 272 g/mol. The zero-order valence-corrected chi connectivity index (χ0v) is 11.5. The van der Waals surface area contributed by atoms with Gasteiger partial charge in [0.2, 0.25) is 0 Å². The topological polar surface area (TPSA) is 66.6 Å². The third-order valence-corrected chi connectivity index (χ3v) is 3.70. The van der Waals surface area contributed by atoms with Gasteiger partial charge in [0, 0.05) is 30.8 Å². The van der Waals surface area contributed by atoms with Crippen LogP contribution in [0.4, 0.5) is 0 Å². The molecule has 1 aliphatic heterocycles. The molecule has 20 heavy (non-hydrogen) atoms. The highest BCUT2D eigenvalue weighted by molar-refractivity contribution is 5.86. The van der Waals surface area contributed by atoms with Gasteiger partial charge in [-0.3, -0.25) is 4.90 Å². The van der Waals surface area contributed by atoms with E-state index in [2.05, 4.69) is 36.0 Å². The lowest BCUT2D eigenvalue weighted by atomic mass is 10.0. The van der Waals surface area contributed by atoms with E-state index in [0.29, 0.717) is 11.8 Å². The normalized spacial score (nSPS) is 14.8. The van der Waals surface area contributed by atoms with Gasteiger partial charge in [0.25, 0.3) is 0 Å². The van der Waals surface area contributed by atoms with E-state index in [1.54, 1.807) is 0 Å². The predicted molar refractivity (Wildman–Crippen MR) is 73.3 cm³/mol. The minimum atomic E-state index is -1.08. The molecule has 2 aromatic rings. The van der Waals surface area contributed by atoms with Crippen LogP contribution in [0.2, 0.25) is 0 Å². The van der Waals surface area contributed by atoms with Crippen LogP contribution in [0.15, 0.2) is 28.8 Å². The number of fused-ring (bicyclic) bond motifs is 1. The fourth-order valence-corrected chi connectivity index (χ4v) is 2.45. The summed E-state index contributed by atoms with van der Waals surface area (Å²) in [7, 11) is 0. The summed E-state index contributed by atoms with van der Waals surface area (Å²) in [6, 6.07) is 8.06. The second kappa shape index (κ2) is 4.76. The smallest absolute Gasteiger partial charge is 0.358 e.